The van der Waals surface area contributed by atoms with E-state index in [0.717, 1.165) is 0 Å². The predicted octanol–water partition coefficient (Wildman–Crippen LogP) is 3.10. The van der Waals surface area contributed by atoms with Crippen LogP contribution in [0.4, 0.5) is 13.2 Å². The van der Waals surface area contributed by atoms with Crippen molar-refractivity contribution >= 4 is 0 Å². The summed E-state index contributed by atoms with van der Waals surface area (Å²) in [5, 5.41) is 9.39. The van der Waals surface area contributed by atoms with E-state index in [9.17, 15) is 18.3 Å². The fourth-order valence-electron chi connectivity index (χ4n) is 1.53. The maximum atomic E-state index is 12.7. The lowest BCUT2D eigenvalue weighted by molar-refractivity contribution is -0.172. The van der Waals surface area contributed by atoms with Gasteiger partial charge in [-0.15, -0.1) is 0 Å². The normalized spacial score (nSPS) is 16.1. The molecule has 0 spiro atoms. The summed E-state index contributed by atoms with van der Waals surface area (Å²) < 4.78 is 38.0. The van der Waals surface area contributed by atoms with Gasteiger partial charge in [0, 0.05) is 0 Å². The Kier molecular flexibility index (Phi) is 3.74. The Balaban J connectivity index is 3.02. The van der Waals surface area contributed by atoms with Gasteiger partial charge in [0.1, 0.15) is 5.92 Å². The Labute approximate surface area is 86.5 Å². The van der Waals surface area contributed by atoms with Crippen LogP contribution in [0.2, 0.25) is 0 Å². The van der Waals surface area contributed by atoms with E-state index in [1.54, 1.807) is 6.07 Å². The molecule has 0 aliphatic rings. The number of alkyl halides is 3. The van der Waals surface area contributed by atoms with Crippen molar-refractivity contribution < 1.29 is 18.3 Å². The molecule has 0 bridgehead atoms. The molecule has 15 heavy (non-hydrogen) atoms. The van der Waals surface area contributed by atoms with E-state index >= 15 is 0 Å². The summed E-state index contributed by atoms with van der Waals surface area (Å²) in [6.45, 7) is 1.53. The van der Waals surface area contributed by atoms with Crippen molar-refractivity contribution in [2.45, 2.75) is 31.5 Å². The second-order valence-electron chi connectivity index (χ2n) is 3.41. The van der Waals surface area contributed by atoms with E-state index in [0.29, 0.717) is 0 Å². The molecule has 4 heteroatoms. The summed E-state index contributed by atoms with van der Waals surface area (Å²) >= 11 is 0. The fourth-order valence-corrected chi connectivity index (χ4v) is 1.53. The quantitative estimate of drug-likeness (QED) is 0.826. The number of aliphatic hydroxyl groups is 1. The van der Waals surface area contributed by atoms with Crippen LogP contribution >= 0.6 is 0 Å². The first-order chi connectivity index (χ1) is 6.96. The number of rotatable bonds is 3. The molecule has 0 aliphatic heterocycles. The van der Waals surface area contributed by atoms with Gasteiger partial charge in [-0.2, -0.15) is 13.2 Å². The molecule has 0 aromatic heterocycles. The number of hydrogen-bond donors (Lipinski definition) is 1. The molecular formula is C11H13F3O. The van der Waals surface area contributed by atoms with E-state index in [1.165, 1.54) is 31.2 Å². The highest BCUT2D eigenvalue weighted by Gasteiger charge is 2.44. The van der Waals surface area contributed by atoms with Crippen LogP contribution in [-0.4, -0.2) is 17.4 Å². The van der Waals surface area contributed by atoms with E-state index in [2.05, 4.69) is 0 Å². The van der Waals surface area contributed by atoms with Gasteiger partial charge in [0.25, 0.3) is 0 Å². The summed E-state index contributed by atoms with van der Waals surface area (Å²) in [7, 11) is 0. The Morgan fingerprint density at radius 3 is 2.13 bits per heavy atom. The molecule has 0 saturated heterocycles. The van der Waals surface area contributed by atoms with Crippen LogP contribution < -0.4 is 0 Å². The second kappa shape index (κ2) is 4.66. The predicted molar refractivity (Wildman–Crippen MR) is 51.5 cm³/mol. The van der Waals surface area contributed by atoms with Crippen molar-refractivity contribution in [1.29, 1.82) is 0 Å². The molecule has 1 N–H and O–H groups in total. The minimum atomic E-state index is -4.41. The van der Waals surface area contributed by atoms with Crippen molar-refractivity contribution in [3.05, 3.63) is 35.9 Å². The lowest BCUT2D eigenvalue weighted by Gasteiger charge is -2.24. The monoisotopic (exact) mass is 218 g/mol. The van der Waals surface area contributed by atoms with Crippen molar-refractivity contribution in [2.75, 3.05) is 0 Å². The highest BCUT2D eigenvalue weighted by molar-refractivity contribution is 5.22. The number of hydrogen-bond acceptors (Lipinski definition) is 1. The molecule has 1 rings (SSSR count). The topological polar surface area (TPSA) is 20.2 Å². The van der Waals surface area contributed by atoms with Crippen LogP contribution in [0, 0.1) is 0 Å². The number of benzene rings is 1. The molecular weight excluding hydrogens is 205 g/mol. The first kappa shape index (κ1) is 12.0. The molecule has 0 saturated carbocycles. The van der Waals surface area contributed by atoms with Gasteiger partial charge in [0.05, 0.1) is 6.10 Å². The zero-order valence-electron chi connectivity index (χ0n) is 8.33. The molecule has 0 amide bonds. The molecule has 1 aromatic carbocycles. The van der Waals surface area contributed by atoms with Crippen LogP contribution in [0.1, 0.15) is 24.8 Å². The van der Waals surface area contributed by atoms with Crippen LogP contribution in [0.3, 0.4) is 0 Å². The SMILES string of the molecule is CC[C@H](O)[C@@H](c1ccccc1)C(F)(F)F. The van der Waals surface area contributed by atoms with Crippen LogP contribution in [0.5, 0.6) is 0 Å². The van der Waals surface area contributed by atoms with Gasteiger partial charge in [0.2, 0.25) is 0 Å². The number of aliphatic hydroxyl groups excluding tert-OH is 1. The molecule has 0 radical (unpaired) electrons. The van der Waals surface area contributed by atoms with Crippen molar-refractivity contribution in [3.8, 4) is 0 Å². The van der Waals surface area contributed by atoms with E-state index in [-0.39, 0.29) is 12.0 Å². The van der Waals surface area contributed by atoms with Crippen molar-refractivity contribution in [3.63, 3.8) is 0 Å². The summed E-state index contributed by atoms with van der Waals surface area (Å²) in [5.41, 5.74) is 0.111. The molecule has 0 fully saturated rings. The fraction of sp³-hybridized carbons (Fsp3) is 0.455. The summed E-state index contributed by atoms with van der Waals surface area (Å²) in [6.07, 6.45) is -5.71. The molecule has 0 unspecified atom stereocenters. The molecule has 0 heterocycles. The Bertz CT molecular complexity index is 294. The van der Waals surface area contributed by atoms with Gasteiger partial charge in [-0.1, -0.05) is 37.3 Å². The molecule has 1 nitrogen and oxygen atoms in total. The third kappa shape index (κ3) is 2.96. The minimum absolute atomic E-state index is 0.0824. The van der Waals surface area contributed by atoms with E-state index < -0.39 is 18.2 Å². The highest BCUT2D eigenvalue weighted by Crippen LogP contribution is 2.38. The maximum Gasteiger partial charge on any atom is 0.398 e. The van der Waals surface area contributed by atoms with Crippen LogP contribution in [0.15, 0.2) is 30.3 Å². The highest BCUT2D eigenvalue weighted by atomic mass is 19.4. The van der Waals surface area contributed by atoms with E-state index in [1.807, 2.05) is 0 Å². The zero-order chi connectivity index (χ0) is 11.5. The van der Waals surface area contributed by atoms with Gasteiger partial charge in [-0.25, -0.2) is 0 Å². The zero-order valence-corrected chi connectivity index (χ0v) is 8.33. The average Bonchev–Trinajstić information content (AvgIpc) is 2.17. The Morgan fingerprint density at radius 1 is 1.20 bits per heavy atom. The summed E-state index contributed by atoms with van der Waals surface area (Å²) in [5.74, 6) is -1.79. The van der Waals surface area contributed by atoms with Gasteiger partial charge in [0.15, 0.2) is 0 Å². The van der Waals surface area contributed by atoms with Gasteiger partial charge >= 0.3 is 6.18 Å². The van der Waals surface area contributed by atoms with Crippen molar-refractivity contribution in [2.24, 2.45) is 0 Å². The van der Waals surface area contributed by atoms with E-state index in [4.69, 9.17) is 0 Å². The molecule has 84 valence electrons. The largest absolute Gasteiger partial charge is 0.398 e. The van der Waals surface area contributed by atoms with Crippen LogP contribution in [0.25, 0.3) is 0 Å². The third-order valence-electron chi connectivity index (χ3n) is 2.31. The molecule has 2 atom stereocenters. The van der Waals surface area contributed by atoms with Crippen molar-refractivity contribution in [1.82, 2.24) is 0 Å². The summed E-state index contributed by atoms with van der Waals surface area (Å²) in [4.78, 5) is 0. The first-order valence-electron chi connectivity index (χ1n) is 4.76. The van der Waals surface area contributed by atoms with Gasteiger partial charge < -0.3 is 5.11 Å². The first-order valence-corrected chi connectivity index (χ1v) is 4.76. The number of halogens is 3. The second-order valence-corrected chi connectivity index (χ2v) is 3.41. The Hall–Kier alpha value is -1.03. The van der Waals surface area contributed by atoms with Crippen LogP contribution in [-0.2, 0) is 0 Å². The smallest absolute Gasteiger partial charge is 0.392 e. The third-order valence-corrected chi connectivity index (χ3v) is 2.31. The standard InChI is InChI=1S/C11H13F3O/c1-2-9(15)10(11(12,13)14)8-6-4-3-5-7-8/h3-7,9-10,15H,2H2,1H3/t9-,10+/m0/s1. The minimum Gasteiger partial charge on any atom is -0.392 e. The Morgan fingerprint density at radius 2 is 1.73 bits per heavy atom. The maximum absolute atomic E-state index is 12.7. The van der Waals surface area contributed by atoms with Gasteiger partial charge in [-0.05, 0) is 12.0 Å². The lowest BCUT2D eigenvalue weighted by Crippen LogP contribution is -2.31. The molecule has 1 aromatic rings. The average molecular weight is 218 g/mol. The van der Waals surface area contributed by atoms with Gasteiger partial charge in [-0.3, -0.25) is 0 Å². The molecule has 0 aliphatic carbocycles. The lowest BCUT2D eigenvalue weighted by atomic mass is 9.91. The summed E-state index contributed by atoms with van der Waals surface area (Å²) in [6, 6.07) is 7.50.